The molecule has 1 aromatic carbocycles. The fourth-order valence-electron chi connectivity index (χ4n) is 1.65. The normalized spacial score (nSPS) is 10.1. The van der Waals surface area contributed by atoms with Gasteiger partial charge in [0.2, 0.25) is 0 Å². The largest absolute Gasteiger partial charge is 0.491 e. The Bertz CT molecular complexity index is 515. The number of hydrogen-bond acceptors (Lipinski definition) is 4. The van der Waals surface area contributed by atoms with Gasteiger partial charge in [-0.2, -0.15) is 0 Å². The maximum atomic E-state index is 5.81. The van der Waals surface area contributed by atoms with Crippen LogP contribution in [-0.4, -0.2) is 19.1 Å². The molecule has 0 radical (unpaired) electrons. The average molecular weight is 244 g/mol. The zero-order valence-electron chi connectivity index (χ0n) is 10.5. The van der Waals surface area contributed by atoms with Crippen LogP contribution in [0, 0.1) is 0 Å². The predicted molar refractivity (Wildman–Crippen MR) is 70.1 cm³/mol. The lowest BCUT2D eigenvalue weighted by Gasteiger charge is -2.12. The summed E-state index contributed by atoms with van der Waals surface area (Å²) in [5, 5.41) is 3.11. The van der Waals surface area contributed by atoms with Crippen molar-refractivity contribution in [3.63, 3.8) is 0 Å². The topological polar surface area (TPSA) is 43.4 Å². The van der Waals surface area contributed by atoms with Gasteiger partial charge in [-0.15, -0.1) is 0 Å². The van der Waals surface area contributed by atoms with Crippen molar-refractivity contribution in [2.45, 2.75) is 6.54 Å². The van der Waals surface area contributed by atoms with E-state index in [1.165, 1.54) is 0 Å². The van der Waals surface area contributed by atoms with Gasteiger partial charge in [-0.05, 0) is 25.2 Å². The fourth-order valence-corrected chi connectivity index (χ4v) is 1.65. The van der Waals surface area contributed by atoms with Crippen LogP contribution in [0.4, 0.5) is 0 Å². The van der Waals surface area contributed by atoms with Crippen molar-refractivity contribution in [1.29, 1.82) is 0 Å². The molecule has 2 aromatic rings. The SMILES string of the molecule is CNCc1ccccc1Oc1ncccc1OC. The Labute approximate surface area is 107 Å². The average Bonchev–Trinajstić information content (AvgIpc) is 2.42. The summed E-state index contributed by atoms with van der Waals surface area (Å²) in [5.41, 5.74) is 1.08. The highest BCUT2D eigenvalue weighted by molar-refractivity contribution is 5.40. The lowest BCUT2D eigenvalue weighted by atomic mass is 10.2. The van der Waals surface area contributed by atoms with Gasteiger partial charge in [0.05, 0.1) is 7.11 Å². The van der Waals surface area contributed by atoms with E-state index in [4.69, 9.17) is 9.47 Å². The molecule has 0 saturated carbocycles. The van der Waals surface area contributed by atoms with Crippen molar-refractivity contribution in [1.82, 2.24) is 10.3 Å². The minimum Gasteiger partial charge on any atom is -0.491 e. The Morgan fingerprint density at radius 3 is 2.67 bits per heavy atom. The number of nitrogens with one attached hydrogen (secondary N) is 1. The third-order valence-corrected chi connectivity index (χ3v) is 2.50. The molecular formula is C14H16N2O2. The van der Waals surface area contributed by atoms with Crippen molar-refractivity contribution in [2.24, 2.45) is 0 Å². The summed E-state index contributed by atoms with van der Waals surface area (Å²) in [6.07, 6.45) is 1.68. The maximum Gasteiger partial charge on any atom is 0.262 e. The Hall–Kier alpha value is -2.07. The summed E-state index contributed by atoms with van der Waals surface area (Å²) in [4.78, 5) is 4.18. The highest BCUT2D eigenvalue weighted by Gasteiger charge is 2.08. The summed E-state index contributed by atoms with van der Waals surface area (Å²) >= 11 is 0. The highest BCUT2D eigenvalue weighted by Crippen LogP contribution is 2.30. The molecule has 0 aliphatic carbocycles. The Morgan fingerprint density at radius 2 is 1.89 bits per heavy atom. The van der Waals surface area contributed by atoms with E-state index in [2.05, 4.69) is 10.3 Å². The van der Waals surface area contributed by atoms with E-state index in [1.807, 2.05) is 43.4 Å². The zero-order chi connectivity index (χ0) is 12.8. The maximum absolute atomic E-state index is 5.81. The van der Waals surface area contributed by atoms with Crippen LogP contribution in [0.15, 0.2) is 42.6 Å². The minimum atomic E-state index is 0.476. The minimum absolute atomic E-state index is 0.476. The van der Waals surface area contributed by atoms with Gasteiger partial charge in [0, 0.05) is 18.3 Å². The second-order valence-electron chi connectivity index (χ2n) is 3.75. The first-order chi connectivity index (χ1) is 8.85. The number of benzene rings is 1. The molecular weight excluding hydrogens is 228 g/mol. The van der Waals surface area contributed by atoms with Crippen LogP contribution in [0.3, 0.4) is 0 Å². The number of methoxy groups -OCH3 is 1. The number of para-hydroxylation sites is 1. The Morgan fingerprint density at radius 1 is 1.11 bits per heavy atom. The number of rotatable bonds is 5. The van der Waals surface area contributed by atoms with E-state index in [0.29, 0.717) is 11.6 Å². The first-order valence-corrected chi connectivity index (χ1v) is 5.74. The molecule has 0 aliphatic rings. The number of hydrogen-bond donors (Lipinski definition) is 1. The summed E-state index contributed by atoms with van der Waals surface area (Å²) in [5.74, 6) is 1.88. The highest BCUT2D eigenvalue weighted by atomic mass is 16.5. The Kier molecular flexibility index (Phi) is 4.15. The molecule has 0 aliphatic heterocycles. The molecule has 4 heteroatoms. The molecule has 2 rings (SSSR count). The lowest BCUT2D eigenvalue weighted by Crippen LogP contribution is -2.06. The van der Waals surface area contributed by atoms with Crippen LogP contribution in [0.1, 0.15) is 5.56 Å². The molecule has 4 nitrogen and oxygen atoms in total. The van der Waals surface area contributed by atoms with Gasteiger partial charge in [-0.1, -0.05) is 18.2 Å². The van der Waals surface area contributed by atoms with Crippen LogP contribution < -0.4 is 14.8 Å². The number of aromatic nitrogens is 1. The van der Waals surface area contributed by atoms with E-state index in [-0.39, 0.29) is 0 Å². The first-order valence-electron chi connectivity index (χ1n) is 5.74. The van der Waals surface area contributed by atoms with Gasteiger partial charge in [0.25, 0.3) is 5.88 Å². The zero-order valence-corrected chi connectivity index (χ0v) is 10.5. The standard InChI is InChI=1S/C14H16N2O2/c1-15-10-11-6-3-4-7-12(11)18-14-13(17-2)8-5-9-16-14/h3-9,15H,10H2,1-2H3. The van der Waals surface area contributed by atoms with Crippen LogP contribution in [-0.2, 0) is 6.54 Å². The molecule has 0 fully saturated rings. The van der Waals surface area contributed by atoms with Gasteiger partial charge in [0.15, 0.2) is 5.75 Å². The summed E-state index contributed by atoms with van der Waals surface area (Å²) in [6, 6.07) is 11.5. The predicted octanol–water partition coefficient (Wildman–Crippen LogP) is 2.60. The van der Waals surface area contributed by atoms with E-state index < -0.39 is 0 Å². The molecule has 0 bridgehead atoms. The van der Waals surface area contributed by atoms with E-state index in [1.54, 1.807) is 13.3 Å². The Balaban J connectivity index is 2.28. The molecule has 94 valence electrons. The molecule has 0 unspecified atom stereocenters. The van der Waals surface area contributed by atoms with Crippen molar-refractivity contribution >= 4 is 0 Å². The van der Waals surface area contributed by atoms with E-state index in [0.717, 1.165) is 17.9 Å². The van der Waals surface area contributed by atoms with Gasteiger partial charge in [0.1, 0.15) is 5.75 Å². The number of pyridine rings is 1. The van der Waals surface area contributed by atoms with Crippen LogP contribution >= 0.6 is 0 Å². The molecule has 1 N–H and O–H groups in total. The first kappa shape index (κ1) is 12.4. The third-order valence-electron chi connectivity index (χ3n) is 2.50. The van der Waals surface area contributed by atoms with Crippen LogP contribution in [0.5, 0.6) is 17.4 Å². The summed E-state index contributed by atoms with van der Waals surface area (Å²) in [7, 11) is 3.50. The van der Waals surface area contributed by atoms with Gasteiger partial charge in [-0.3, -0.25) is 0 Å². The molecule has 0 amide bonds. The quantitative estimate of drug-likeness (QED) is 0.878. The second-order valence-corrected chi connectivity index (χ2v) is 3.75. The smallest absolute Gasteiger partial charge is 0.262 e. The van der Waals surface area contributed by atoms with E-state index >= 15 is 0 Å². The number of ether oxygens (including phenoxy) is 2. The number of nitrogens with zero attached hydrogens (tertiary/aromatic N) is 1. The third kappa shape index (κ3) is 2.78. The molecule has 0 atom stereocenters. The summed E-state index contributed by atoms with van der Waals surface area (Å²) < 4.78 is 11.0. The molecule has 0 spiro atoms. The molecule has 1 aromatic heterocycles. The summed E-state index contributed by atoms with van der Waals surface area (Å²) in [6.45, 7) is 0.741. The molecule has 18 heavy (non-hydrogen) atoms. The van der Waals surface area contributed by atoms with Crippen molar-refractivity contribution < 1.29 is 9.47 Å². The van der Waals surface area contributed by atoms with Gasteiger partial charge >= 0.3 is 0 Å². The van der Waals surface area contributed by atoms with Crippen LogP contribution in [0.2, 0.25) is 0 Å². The molecule has 0 saturated heterocycles. The van der Waals surface area contributed by atoms with Crippen molar-refractivity contribution in [3.05, 3.63) is 48.2 Å². The van der Waals surface area contributed by atoms with Crippen LogP contribution in [0.25, 0.3) is 0 Å². The lowest BCUT2D eigenvalue weighted by molar-refractivity contribution is 0.368. The van der Waals surface area contributed by atoms with Gasteiger partial charge in [-0.25, -0.2) is 4.98 Å². The van der Waals surface area contributed by atoms with Crippen molar-refractivity contribution in [3.8, 4) is 17.4 Å². The second kappa shape index (κ2) is 6.02. The van der Waals surface area contributed by atoms with Crippen molar-refractivity contribution in [2.75, 3.05) is 14.2 Å². The van der Waals surface area contributed by atoms with E-state index in [9.17, 15) is 0 Å². The fraction of sp³-hybridized carbons (Fsp3) is 0.214. The molecule has 1 heterocycles. The van der Waals surface area contributed by atoms with Gasteiger partial charge < -0.3 is 14.8 Å². The monoisotopic (exact) mass is 244 g/mol.